The number of rotatable bonds is 2. The van der Waals surface area contributed by atoms with Gasteiger partial charge in [0, 0.05) is 15.6 Å². The Hall–Kier alpha value is -3.00. The zero-order chi connectivity index (χ0) is 16.8. The molecule has 122 valence electrons. The number of aromatic nitrogens is 5. The van der Waals surface area contributed by atoms with Crippen molar-refractivity contribution in [2.24, 2.45) is 0 Å². The molecule has 0 saturated carbocycles. The van der Waals surface area contributed by atoms with Crippen molar-refractivity contribution in [2.45, 2.75) is 0 Å². The number of fused-ring (bicyclic) bond motifs is 2. The molecule has 5 rings (SSSR count). The lowest BCUT2D eigenvalue weighted by Crippen LogP contribution is -1.98. The molecule has 7 nitrogen and oxygen atoms in total. The summed E-state index contributed by atoms with van der Waals surface area (Å²) in [4.78, 5) is 4.55. The van der Waals surface area contributed by atoms with Crippen LogP contribution in [0.1, 0.15) is 0 Å². The highest BCUT2D eigenvalue weighted by atomic mass is 79.9. The van der Waals surface area contributed by atoms with Crippen LogP contribution >= 0.6 is 15.9 Å². The van der Waals surface area contributed by atoms with Crippen LogP contribution in [0, 0.1) is 0 Å². The fourth-order valence-electron chi connectivity index (χ4n) is 2.70. The van der Waals surface area contributed by atoms with Gasteiger partial charge < -0.3 is 9.47 Å². The highest BCUT2D eigenvalue weighted by Gasteiger charge is 2.20. The first-order valence-electron chi connectivity index (χ1n) is 7.53. The molecule has 1 aliphatic heterocycles. The normalized spacial score (nSPS) is 12.7. The molecule has 0 N–H and O–H groups in total. The van der Waals surface area contributed by atoms with Gasteiger partial charge in [-0.2, -0.15) is 9.61 Å². The van der Waals surface area contributed by atoms with Gasteiger partial charge in [-0.15, -0.1) is 10.2 Å². The summed E-state index contributed by atoms with van der Waals surface area (Å²) >= 11 is 3.54. The third-order valence-corrected chi connectivity index (χ3v) is 4.57. The Balaban J connectivity index is 1.64. The number of hydrogen-bond acceptors (Lipinski definition) is 6. The summed E-state index contributed by atoms with van der Waals surface area (Å²) in [6, 6.07) is 13.5. The van der Waals surface area contributed by atoms with E-state index in [2.05, 4.69) is 36.2 Å². The Bertz CT molecular complexity index is 1100. The first-order valence-corrected chi connectivity index (χ1v) is 8.32. The smallest absolute Gasteiger partial charge is 0.272 e. The molecule has 0 spiro atoms. The maximum atomic E-state index is 5.44. The topological polar surface area (TPSA) is 74.4 Å². The average Bonchev–Trinajstić information content (AvgIpc) is 3.27. The second kappa shape index (κ2) is 5.52. The van der Waals surface area contributed by atoms with Crippen molar-refractivity contribution in [3.63, 3.8) is 0 Å². The van der Waals surface area contributed by atoms with Gasteiger partial charge in [0.15, 0.2) is 17.3 Å². The molecule has 0 amide bonds. The predicted octanol–water partition coefficient (Wildman–Crippen LogP) is 3.34. The summed E-state index contributed by atoms with van der Waals surface area (Å²) in [7, 11) is 0. The monoisotopic (exact) mass is 395 g/mol. The zero-order valence-electron chi connectivity index (χ0n) is 12.8. The Morgan fingerprint density at radius 3 is 2.64 bits per heavy atom. The van der Waals surface area contributed by atoms with Crippen molar-refractivity contribution in [2.75, 3.05) is 6.79 Å². The van der Waals surface area contributed by atoms with Crippen molar-refractivity contribution in [3.8, 4) is 34.1 Å². The first kappa shape index (κ1) is 14.4. The molecular formula is C17H10BrN5O2. The van der Waals surface area contributed by atoms with Crippen LogP contribution in [0.3, 0.4) is 0 Å². The molecule has 0 unspecified atom stereocenters. The van der Waals surface area contributed by atoms with Gasteiger partial charge in [-0.3, -0.25) is 0 Å². The second-order valence-electron chi connectivity index (χ2n) is 5.43. The van der Waals surface area contributed by atoms with Crippen LogP contribution in [-0.4, -0.2) is 31.6 Å². The number of hydrogen-bond donors (Lipinski definition) is 0. The molecular weight excluding hydrogens is 386 g/mol. The summed E-state index contributed by atoms with van der Waals surface area (Å²) in [6.07, 6.45) is 1.70. The van der Waals surface area contributed by atoms with Crippen LogP contribution in [0.2, 0.25) is 0 Å². The van der Waals surface area contributed by atoms with Gasteiger partial charge in [-0.05, 0) is 28.1 Å². The summed E-state index contributed by atoms with van der Waals surface area (Å²) in [5.41, 5.74) is 2.53. The van der Waals surface area contributed by atoms with E-state index in [1.54, 1.807) is 10.7 Å². The molecule has 8 heteroatoms. The van der Waals surface area contributed by atoms with Crippen molar-refractivity contribution < 1.29 is 9.47 Å². The van der Waals surface area contributed by atoms with Gasteiger partial charge in [0.1, 0.15) is 0 Å². The van der Waals surface area contributed by atoms with E-state index in [1.807, 2.05) is 42.5 Å². The summed E-state index contributed by atoms with van der Waals surface area (Å²) in [5, 5.41) is 12.9. The van der Waals surface area contributed by atoms with Gasteiger partial charge in [0.2, 0.25) is 6.79 Å². The molecule has 0 atom stereocenters. The minimum absolute atomic E-state index is 0.214. The van der Waals surface area contributed by atoms with Gasteiger partial charge in [0.05, 0.1) is 11.9 Å². The number of nitrogens with zero attached hydrogens (tertiary/aromatic N) is 5. The predicted molar refractivity (Wildman–Crippen MR) is 93.3 cm³/mol. The quantitative estimate of drug-likeness (QED) is 0.518. The standard InChI is InChI=1S/C17H10BrN5O2/c18-12-7-15-14(24-9-25-15)6-11(12)16-21-22-17-20-13(8-19-23(16)17)10-4-2-1-3-5-10/h1-8H,9H2. The van der Waals surface area contributed by atoms with E-state index in [4.69, 9.17) is 9.47 Å². The van der Waals surface area contributed by atoms with E-state index in [9.17, 15) is 0 Å². The fourth-order valence-corrected chi connectivity index (χ4v) is 3.20. The van der Waals surface area contributed by atoms with Crippen molar-refractivity contribution in [1.82, 2.24) is 24.8 Å². The molecule has 0 aliphatic carbocycles. The Kier molecular flexibility index (Phi) is 3.17. The summed E-state index contributed by atoms with van der Waals surface area (Å²) < 4.78 is 13.3. The highest BCUT2D eigenvalue weighted by molar-refractivity contribution is 9.10. The van der Waals surface area contributed by atoms with Crippen molar-refractivity contribution in [1.29, 1.82) is 0 Å². The summed E-state index contributed by atoms with van der Waals surface area (Å²) in [5.74, 6) is 2.37. The number of ether oxygens (including phenoxy) is 2. The van der Waals surface area contributed by atoms with E-state index in [0.29, 0.717) is 23.1 Å². The van der Waals surface area contributed by atoms with Crippen LogP contribution in [0.15, 0.2) is 53.1 Å². The molecule has 0 saturated heterocycles. The van der Waals surface area contributed by atoms with Gasteiger partial charge in [0.25, 0.3) is 5.78 Å². The molecule has 0 radical (unpaired) electrons. The van der Waals surface area contributed by atoms with Crippen LogP contribution in [0.4, 0.5) is 0 Å². The van der Waals surface area contributed by atoms with E-state index >= 15 is 0 Å². The Morgan fingerprint density at radius 1 is 1.00 bits per heavy atom. The Labute approximate surface area is 150 Å². The fraction of sp³-hybridized carbons (Fsp3) is 0.0588. The van der Waals surface area contributed by atoms with Crippen molar-refractivity contribution in [3.05, 3.63) is 53.1 Å². The van der Waals surface area contributed by atoms with E-state index in [1.165, 1.54) is 0 Å². The Morgan fingerprint density at radius 2 is 1.80 bits per heavy atom. The maximum absolute atomic E-state index is 5.44. The van der Waals surface area contributed by atoms with Crippen LogP contribution in [0.25, 0.3) is 28.4 Å². The third kappa shape index (κ3) is 2.33. The third-order valence-electron chi connectivity index (χ3n) is 3.91. The molecule has 2 aromatic carbocycles. The zero-order valence-corrected chi connectivity index (χ0v) is 14.3. The lowest BCUT2D eigenvalue weighted by molar-refractivity contribution is 0.174. The largest absolute Gasteiger partial charge is 0.454 e. The van der Waals surface area contributed by atoms with Gasteiger partial charge >= 0.3 is 0 Å². The summed E-state index contributed by atoms with van der Waals surface area (Å²) in [6.45, 7) is 0.214. The van der Waals surface area contributed by atoms with Crippen LogP contribution in [-0.2, 0) is 0 Å². The first-order chi connectivity index (χ1) is 12.3. The highest BCUT2D eigenvalue weighted by Crippen LogP contribution is 2.40. The van der Waals surface area contributed by atoms with Gasteiger partial charge in [-0.1, -0.05) is 30.3 Å². The molecule has 0 fully saturated rings. The molecule has 25 heavy (non-hydrogen) atoms. The van der Waals surface area contributed by atoms with Crippen molar-refractivity contribution >= 4 is 21.7 Å². The second-order valence-corrected chi connectivity index (χ2v) is 6.28. The molecule has 0 bridgehead atoms. The molecule has 1 aliphatic rings. The van der Waals surface area contributed by atoms with Crippen LogP contribution in [0.5, 0.6) is 11.5 Å². The maximum Gasteiger partial charge on any atom is 0.272 e. The molecule has 4 aromatic rings. The SMILES string of the molecule is Brc1cc2c(cc1-c1nnc3nc(-c4ccccc4)cnn13)OCO2. The molecule has 3 heterocycles. The lowest BCUT2D eigenvalue weighted by atomic mass is 10.2. The minimum atomic E-state index is 0.214. The molecule has 2 aromatic heterocycles. The van der Waals surface area contributed by atoms with E-state index < -0.39 is 0 Å². The number of halogens is 1. The van der Waals surface area contributed by atoms with Crippen LogP contribution < -0.4 is 9.47 Å². The van der Waals surface area contributed by atoms with E-state index in [-0.39, 0.29) is 6.79 Å². The van der Waals surface area contributed by atoms with Gasteiger partial charge in [-0.25, -0.2) is 4.98 Å². The van der Waals surface area contributed by atoms with E-state index in [0.717, 1.165) is 21.3 Å². The lowest BCUT2D eigenvalue weighted by Gasteiger charge is -2.05. The minimum Gasteiger partial charge on any atom is -0.454 e. The number of benzene rings is 2. The average molecular weight is 396 g/mol.